The van der Waals surface area contributed by atoms with Crippen molar-refractivity contribution in [1.82, 2.24) is 44.6 Å². The molecule has 186 valence electrons. The normalized spacial score (nSPS) is 17.8. The zero-order chi connectivity index (χ0) is 25.4. The number of hydrogen-bond acceptors (Lipinski definition) is 9. The lowest BCUT2D eigenvalue weighted by molar-refractivity contribution is -0.143. The van der Waals surface area contributed by atoms with Crippen molar-refractivity contribution in [1.29, 1.82) is 0 Å². The van der Waals surface area contributed by atoms with Crippen molar-refractivity contribution >= 4 is 17.5 Å². The van der Waals surface area contributed by atoms with Gasteiger partial charge in [0.1, 0.15) is 12.2 Å². The smallest absolute Gasteiger partial charge is 0.260 e. The van der Waals surface area contributed by atoms with E-state index in [1.807, 2.05) is 0 Å². The van der Waals surface area contributed by atoms with Gasteiger partial charge >= 0.3 is 0 Å². The van der Waals surface area contributed by atoms with Gasteiger partial charge in [-0.15, -0.1) is 5.10 Å². The second-order valence-corrected chi connectivity index (χ2v) is 8.40. The summed E-state index contributed by atoms with van der Waals surface area (Å²) in [4.78, 5) is 27.1. The first kappa shape index (κ1) is 23.4. The summed E-state index contributed by atoms with van der Waals surface area (Å²) in [6.45, 7) is 1.61. The summed E-state index contributed by atoms with van der Waals surface area (Å²) in [5.74, 6) is 0.228. The number of aliphatic hydroxyl groups is 1. The molecule has 0 unspecified atom stereocenters. The third-order valence-corrected chi connectivity index (χ3v) is 5.83. The zero-order valence-electron chi connectivity index (χ0n) is 19.4. The number of likely N-dealkylation sites (N-methyl/N-ethyl adjacent to an activating group) is 1. The summed E-state index contributed by atoms with van der Waals surface area (Å²) in [5, 5.41) is 25.9. The summed E-state index contributed by atoms with van der Waals surface area (Å²) < 4.78 is 27.9. The summed E-state index contributed by atoms with van der Waals surface area (Å²) in [6, 6.07) is 6.89. The average molecular weight is 496 g/mol. The number of likely N-dealkylation sites (tertiary alicyclic amines) is 1. The number of rotatable bonds is 7. The van der Waals surface area contributed by atoms with E-state index in [0.717, 1.165) is 4.68 Å². The predicted molar refractivity (Wildman–Crippen MR) is 123 cm³/mol. The van der Waals surface area contributed by atoms with Crippen LogP contribution in [0, 0.1) is 6.92 Å². The predicted octanol–water partition coefficient (Wildman–Crippen LogP) is 1.68. The fraction of sp³-hybridized carbons (Fsp3) is 0.318. The third-order valence-electron chi connectivity index (χ3n) is 5.83. The van der Waals surface area contributed by atoms with Gasteiger partial charge in [0.05, 0.1) is 29.0 Å². The lowest BCUT2D eigenvalue weighted by Crippen LogP contribution is -2.36. The highest BCUT2D eigenvalue weighted by Crippen LogP contribution is 2.31. The van der Waals surface area contributed by atoms with Crippen LogP contribution in [-0.2, 0) is 16.9 Å². The number of aryl methyl sites for hydroxylation is 1. The van der Waals surface area contributed by atoms with E-state index in [-0.39, 0.29) is 18.1 Å². The lowest BCUT2D eigenvalue weighted by atomic mass is 9.99. The van der Waals surface area contributed by atoms with Crippen LogP contribution in [0.3, 0.4) is 0 Å². The van der Waals surface area contributed by atoms with Gasteiger partial charge in [-0.25, -0.2) is 28.4 Å². The Balaban J connectivity index is 1.38. The molecule has 1 saturated heterocycles. The number of anilines is 2. The largest absolute Gasteiger partial charge is 0.374 e. The summed E-state index contributed by atoms with van der Waals surface area (Å²) in [5.41, 5.74) is 0.489. The molecule has 1 fully saturated rings. The van der Waals surface area contributed by atoms with Crippen molar-refractivity contribution in [3.8, 4) is 17.2 Å². The van der Waals surface area contributed by atoms with E-state index < -0.39 is 24.5 Å². The molecule has 1 atom stereocenters. The quantitative estimate of drug-likeness (QED) is 0.391. The molecule has 5 heterocycles. The van der Waals surface area contributed by atoms with E-state index in [4.69, 9.17) is 0 Å². The fourth-order valence-corrected chi connectivity index (χ4v) is 3.91. The van der Waals surface area contributed by atoms with Crippen molar-refractivity contribution < 1.29 is 18.7 Å². The number of amides is 1. The van der Waals surface area contributed by atoms with E-state index in [1.54, 1.807) is 44.4 Å². The minimum absolute atomic E-state index is 0.153. The van der Waals surface area contributed by atoms with Gasteiger partial charge in [-0.1, -0.05) is 11.3 Å². The Morgan fingerprint density at radius 2 is 2.00 bits per heavy atom. The number of halogens is 2. The molecular weight excluding hydrogens is 474 g/mol. The molecule has 0 spiro atoms. The zero-order valence-corrected chi connectivity index (χ0v) is 19.4. The Morgan fingerprint density at radius 1 is 1.19 bits per heavy atom. The molecule has 5 rings (SSSR count). The molecule has 1 amide bonds. The van der Waals surface area contributed by atoms with Gasteiger partial charge in [0.15, 0.2) is 11.4 Å². The molecule has 0 saturated carbocycles. The first-order valence-corrected chi connectivity index (χ1v) is 11.0. The summed E-state index contributed by atoms with van der Waals surface area (Å²) in [7, 11) is 1.62. The molecule has 2 N–H and O–H groups in total. The summed E-state index contributed by atoms with van der Waals surface area (Å²) >= 11 is 0. The van der Waals surface area contributed by atoms with Crippen LogP contribution in [0.1, 0.15) is 17.8 Å². The Morgan fingerprint density at radius 3 is 2.75 bits per heavy atom. The molecule has 0 aromatic carbocycles. The standard InChI is InChI=1S/C22H22F2N10O2/c1-13-16(10-33(30-13)12-18(23)24)28-21-25-8-6-15(27-21)14-4-3-5-19(26-14)34-11-17(29-31-34)22(36)7-9-32(2)20(22)35/h3-6,8,10-11,18,36H,7,9,12H2,1-2H3,(H,25,27,28)/t22-/m1/s1. The minimum Gasteiger partial charge on any atom is -0.374 e. The monoisotopic (exact) mass is 496 g/mol. The molecule has 1 aliphatic heterocycles. The Bertz CT molecular complexity index is 1420. The van der Waals surface area contributed by atoms with Crippen molar-refractivity contribution in [2.75, 3.05) is 18.9 Å². The fourth-order valence-electron chi connectivity index (χ4n) is 3.91. The van der Waals surface area contributed by atoms with Crippen LogP contribution in [0.2, 0.25) is 0 Å². The van der Waals surface area contributed by atoms with Crippen LogP contribution >= 0.6 is 0 Å². The first-order valence-electron chi connectivity index (χ1n) is 11.0. The number of carbonyl (C=O) groups is 1. The Kier molecular flexibility index (Phi) is 5.88. The van der Waals surface area contributed by atoms with Crippen molar-refractivity contribution in [3.63, 3.8) is 0 Å². The molecule has 36 heavy (non-hydrogen) atoms. The van der Waals surface area contributed by atoms with E-state index >= 15 is 0 Å². The van der Waals surface area contributed by atoms with Gasteiger partial charge < -0.3 is 15.3 Å². The van der Waals surface area contributed by atoms with Gasteiger partial charge in [-0.3, -0.25) is 9.48 Å². The third kappa shape index (κ3) is 4.37. The SMILES string of the molecule is Cc1nn(CC(F)F)cc1Nc1nccc(-c2cccc(-n3cc([C@]4(O)CCN(C)C4=O)nn3)n2)n1. The Hall–Kier alpha value is -4.33. The minimum atomic E-state index is -2.51. The van der Waals surface area contributed by atoms with Crippen LogP contribution in [0.4, 0.5) is 20.4 Å². The molecule has 1 aliphatic rings. The lowest BCUT2D eigenvalue weighted by Gasteiger charge is -2.17. The highest BCUT2D eigenvalue weighted by molar-refractivity contribution is 5.87. The van der Waals surface area contributed by atoms with Crippen molar-refractivity contribution in [2.24, 2.45) is 0 Å². The topological polar surface area (TPSA) is 140 Å². The highest BCUT2D eigenvalue weighted by Gasteiger charge is 2.47. The van der Waals surface area contributed by atoms with E-state index in [9.17, 15) is 18.7 Å². The first-order chi connectivity index (χ1) is 17.2. The molecule has 12 nitrogen and oxygen atoms in total. The number of carbonyl (C=O) groups excluding carboxylic acids is 1. The number of hydrogen-bond donors (Lipinski definition) is 2. The second kappa shape index (κ2) is 9.03. The maximum Gasteiger partial charge on any atom is 0.260 e. The number of aromatic nitrogens is 8. The number of pyridine rings is 1. The Labute approximate surface area is 203 Å². The van der Waals surface area contributed by atoms with Gasteiger partial charge in [-0.2, -0.15) is 5.10 Å². The van der Waals surface area contributed by atoms with Crippen LogP contribution in [0.25, 0.3) is 17.2 Å². The number of alkyl halides is 2. The van der Waals surface area contributed by atoms with E-state index in [0.29, 0.717) is 35.1 Å². The molecule has 14 heteroatoms. The van der Waals surface area contributed by atoms with Crippen molar-refractivity contribution in [3.05, 3.63) is 54.2 Å². The van der Waals surface area contributed by atoms with Gasteiger partial charge in [0.25, 0.3) is 12.3 Å². The van der Waals surface area contributed by atoms with Crippen LogP contribution in [-0.4, -0.2) is 75.7 Å². The summed E-state index contributed by atoms with van der Waals surface area (Å²) in [6.07, 6.45) is 2.21. The molecule has 0 radical (unpaired) electrons. The molecule has 4 aromatic rings. The van der Waals surface area contributed by atoms with Crippen LogP contribution in [0.15, 0.2) is 42.9 Å². The number of nitrogens with zero attached hydrogens (tertiary/aromatic N) is 9. The van der Waals surface area contributed by atoms with Crippen LogP contribution in [0.5, 0.6) is 0 Å². The number of nitrogens with one attached hydrogen (secondary N) is 1. The van der Waals surface area contributed by atoms with Crippen LogP contribution < -0.4 is 5.32 Å². The highest BCUT2D eigenvalue weighted by atomic mass is 19.3. The maximum absolute atomic E-state index is 12.7. The maximum atomic E-state index is 12.7. The van der Waals surface area contributed by atoms with Crippen molar-refractivity contribution in [2.45, 2.75) is 31.9 Å². The van der Waals surface area contributed by atoms with Gasteiger partial charge in [-0.05, 0) is 25.1 Å². The molecular formula is C22H22F2N10O2. The van der Waals surface area contributed by atoms with Gasteiger partial charge in [0.2, 0.25) is 5.95 Å². The average Bonchev–Trinajstić information content (AvgIpc) is 3.55. The second-order valence-electron chi connectivity index (χ2n) is 8.40. The molecule has 4 aromatic heterocycles. The molecule has 0 bridgehead atoms. The van der Waals surface area contributed by atoms with Gasteiger partial charge in [0, 0.05) is 32.4 Å². The molecule has 0 aliphatic carbocycles. The van der Waals surface area contributed by atoms with E-state index in [1.165, 1.54) is 22.0 Å². The van der Waals surface area contributed by atoms with E-state index in [2.05, 4.69) is 35.7 Å².